The van der Waals surface area contributed by atoms with E-state index < -0.39 is 48.5 Å². The van der Waals surface area contributed by atoms with Gasteiger partial charge in [-0.1, -0.05) is 209 Å². The van der Waals surface area contributed by atoms with Crippen LogP contribution in [0.25, 0.3) is 0 Å². The molecule has 0 aliphatic carbocycles. The zero-order valence-corrected chi connectivity index (χ0v) is 66.7. The second kappa shape index (κ2) is 73.3. The summed E-state index contributed by atoms with van der Waals surface area (Å²) in [5.41, 5.74) is 0. The molecule has 104 heavy (non-hydrogen) atoms. The molecule has 1 N–H and O–H groups in total. The Kier molecular flexibility index (Phi) is 69.7. The number of carbonyl (C=O) groups is 8. The Bertz CT molecular complexity index is 1810. The second-order valence-electron chi connectivity index (χ2n) is 27.9. The fraction of sp³-hybridized carbons (Fsp3) is 0.900. The Morgan fingerprint density at radius 1 is 0.231 bits per heavy atom. The molecule has 0 radical (unpaired) electrons. The van der Waals surface area contributed by atoms with Crippen LogP contribution in [-0.4, -0.2) is 213 Å². The molecule has 0 bridgehead atoms. The number of unbranched alkanes of at least 4 members (excludes halogenated alkanes) is 16. The first kappa shape index (κ1) is 98.8. The quantitative estimate of drug-likeness (QED) is 0.0336. The number of carbonyl (C=O) groups excluding carboxylic acids is 8. The van der Waals surface area contributed by atoms with Gasteiger partial charge in [0.15, 0.2) is 0 Å². The van der Waals surface area contributed by atoms with Gasteiger partial charge in [0.1, 0.15) is 52.9 Å². The lowest BCUT2D eigenvalue weighted by molar-refractivity contribution is -0.147. The lowest BCUT2D eigenvalue weighted by atomic mass is 9.96. The van der Waals surface area contributed by atoms with E-state index in [1.54, 1.807) is 0 Å². The number of aliphatic hydroxyl groups is 1. The van der Waals surface area contributed by atoms with Crippen molar-refractivity contribution in [3.63, 3.8) is 0 Å². The molecule has 0 spiro atoms. The highest BCUT2D eigenvalue weighted by Gasteiger charge is 2.21. The van der Waals surface area contributed by atoms with Crippen molar-refractivity contribution in [3.05, 3.63) is 0 Å². The van der Waals surface area contributed by atoms with Crippen molar-refractivity contribution in [2.45, 2.75) is 299 Å². The molecule has 0 aromatic carbocycles. The third-order valence-corrected chi connectivity index (χ3v) is 18.6. The first-order chi connectivity index (χ1) is 50.6. The topological polar surface area (TPSA) is 277 Å². The van der Waals surface area contributed by atoms with Crippen molar-refractivity contribution >= 4 is 48.5 Å². The summed E-state index contributed by atoms with van der Waals surface area (Å²) in [4.78, 5) is 108. The normalized spacial score (nSPS) is 12.5. The van der Waals surface area contributed by atoms with Crippen LogP contribution in [0, 0.1) is 23.7 Å². The van der Waals surface area contributed by atoms with Crippen LogP contribution in [0.3, 0.4) is 0 Å². The molecule has 24 heteroatoms. The molecule has 0 heterocycles. The van der Waals surface area contributed by atoms with Crippen molar-refractivity contribution in [2.24, 2.45) is 23.7 Å². The Hall–Kier alpha value is -5.20. The van der Waals surface area contributed by atoms with E-state index in [0.29, 0.717) is 45.6 Å². The van der Waals surface area contributed by atoms with Crippen LogP contribution in [0.2, 0.25) is 0 Å². The molecule has 0 aliphatic rings. The molecule has 24 nitrogen and oxygen atoms in total. The van der Waals surface area contributed by atoms with Gasteiger partial charge in [-0.25, -0.2) is 19.2 Å². The predicted molar refractivity (Wildman–Crippen MR) is 404 cm³/mol. The average Bonchev–Trinajstić information content (AvgIpc) is 1.07. The molecule has 0 saturated heterocycles. The van der Waals surface area contributed by atoms with Crippen LogP contribution >= 0.6 is 0 Å². The minimum absolute atomic E-state index is 0.0232. The smallest absolute Gasteiger partial charge is 0.462 e. The van der Waals surface area contributed by atoms with Crippen LogP contribution in [0.4, 0.5) is 19.2 Å². The Labute approximate surface area is 628 Å². The molecule has 0 saturated carbocycles. The highest BCUT2D eigenvalue weighted by atomic mass is 16.7. The largest absolute Gasteiger partial charge is 0.508 e. The monoisotopic (exact) mass is 1490 g/mol. The van der Waals surface area contributed by atoms with E-state index >= 15 is 0 Å². The fourth-order valence-corrected chi connectivity index (χ4v) is 12.2. The van der Waals surface area contributed by atoms with Crippen LogP contribution in [0.1, 0.15) is 299 Å². The number of hydrogen-bond acceptors (Lipinski definition) is 24. The van der Waals surface area contributed by atoms with E-state index in [1.165, 1.54) is 25.7 Å². The lowest BCUT2D eigenvalue weighted by Crippen LogP contribution is -2.36. The second-order valence-corrected chi connectivity index (χ2v) is 27.9. The Morgan fingerprint density at radius 3 is 0.644 bits per heavy atom. The molecule has 0 aromatic heterocycles. The number of nitrogens with zero attached hydrogens (tertiary/aromatic N) is 3. The molecule has 610 valence electrons. The molecule has 0 rings (SSSR count). The lowest BCUT2D eigenvalue weighted by Gasteiger charge is -2.27. The van der Waals surface area contributed by atoms with Crippen LogP contribution < -0.4 is 0 Å². The van der Waals surface area contributed by atoms with Crippen molar-refractivity contribution in [3.8, 4) is 0 Å². The summed E-state index contributed by atoms with van der Waals surface area (Å²) in [6.07, 6.45) is 32.4. The van der Waals surface area contributed by atoms with Gasteiger partial charge in [0.05, 0.1) is 58.7 Å². The van der Waals surface area contributed by atoms with Gasteiger partial charge in [0.25, 0.3) is 0 Å². The van der Waals surface area contributed by atoms with Crippen molar-refractivity contribution in [2.75, 3.05) is 145 Å². The van der Waals surface area contributed by atoms with Gasteiger partial charge in [0.2, 0.25) is 0 Å². The minimum Gasteiger partial charge on any atom is -0.462 e. The molecule has 0 aliphatic heterocycles. The minimum atomic E-state index is -0.800. The molecule has 4 atom stereocenters. The summed E-state index contributed by atoms with van der Waals surface area (Å²) in [6, 6.07) is 0. The van der Waals surface area contributed by atoms with Gasteiger partial charge in [0, 0.05) is 32.7 Å². The van der Waals surface area contributed by atoms with Gasteiger partial charge >= 0.3 is 48.5 Å². The maximum Gasteiger partial charge on any atom is 0.508 e. The van der Waals surface area contributed by atoms with Crippen molar-refractivity contribution < 1.29 is 100 Å². The first-order valence-corrected chi connectivity index (χ1v) is 41.2. The van der Waals surface area contributed by atoms with E-state index in [1.807, 2.05) is 9.80 Å². The van der Waals surface area contributed by atoms with Gasteiger partial charge < -0.3 is 76.6 Å². The third kappa shape index (κ3) is 64.0. The zero-order chi connectivity index (χ0) is 76.6. The highest BCUT2D eigenvalue weighted by molar-refractivity contribution is 5.71. The Balaban J connectivity index is 5.93. The molecular weight excluding hydrogens is 1340 g/mol. The molecule has 0 fully saturated rings. The molecule has 4 unspecified atom stereocenters. The Morgan fingerprint density at radius 2 is 0.433 bits per heavy atom. The summed E-state index contributed by atoms with van der Waals surface area (Å²) in [6.45, 7) is 20.2. The zero-order valence-electron chi connectivity index (χ0n) is 66.7. The third-order valence-electron chi connectivity index (χ3n) is 18.6. The number of esters is 4. The summed E-state index contributed by atoms with van der Waals surface area (Å²) < 4.78 is 64.5. The van der Waals surface area contributed by atoms with Crippen LogP contribution in [0.5, 0.6) is 0 Å². The summed E-state index contributed by atoms with van der Waals surface area (Å²) in [5, 5.41) is 10.2. The van der Waals surface area contributed by atoms with E-state index in [2.05, 4.69) is 60.3 Å². The average molecular weight is 1490 g/mol. The maximum absolute atomic E-state index is 13.1. The molecule has 0 aromatic rings. The van der Waals surface area contributed by atoms with Gasteiger partial charge in [-0.3, -0.25) is 19.2 Å². The maximum atomic E-state index is 13.1. The molecular formula is C80H149N3O21. The predicted octanol–water partition coefficient (Wildman–Crippen LogP) is 17.1. The number of ether oxygens (including phenoxy) is 12. The van der Waals surface area contributed by atoms with Crippen molar-refractivity contribution in [1.82, 2.24) is 14.7 Å². The van der Waals surface area contributed by atoms with Gasteiger partial charge in [-0.15, -0.1) is 0 Å². The van der Waals surface area contributed by atoms with E-state index in [4.69, 9.17) is 56.8 Å². The van der Waals surface area contributed by atoms with Crippen LogP contribution in [0.15, 0.2) is 0 Å². The first-order valence-electron chi connectivity index (χ1n) is 41.2. The van der Waals surface area contributed by atoms with E-state index in [-0.39, 0.29) is 161 Å². The van der Waals surface area contributed by atoms with Crippen LogP contribution in [-0.2, 0) is 76.0 Å². The summed E-state index contributed by atoms with van der Waals surface area (Å²) >= 11 is 0. The summed E-state index contributed by atoms with van der Waals surface area (Å²) in [7, 11) is 0. The summed E-state index contributed by atoms with van der Waals surface area (Å²) in [5.74, 6) is -1.02. The number of hydrogen-bond donors (Lipinski definition) is 1. The van der Waals surface area contributed by atoms with Gasteiger partial charge in [-0.05, 0) is 114 Å². The highest BCUT2D eigenvalue weighted by Crippen LogP contribution is 2.22. The number of rotatable bonds is 74. The SMILES string of the molecule is CCCCCCC(CCCC)COC(=O)OCCOC(=O)CCN(CCCN(CCO)CCCN(CCC(=O)OCCOC(=O)OCC(CCCC)CCCCCC)CCC(=O)OCCOC(=O)OCC(CCCC)CCCCCC)CCC(=O)OCCOC(=O)OCC(CCCC)CCCCCC. The number of aliphatic hydroxyl groups excluding tert-OH is 1. The molecule has 0 amide bonds. The van der Waals surface area contributed by atoms with Gasteiger partial charge in [-0.2, -0.15) is 0 Å². The van der Waals surface area contributed by atoms with E-state index in [0.717, 1.165) is 180 Å². The standard InChI is InChI=1S/C80H149N3O21/c1-9-17-25-29-39-69(35-21-13-5)65-101-77(89)97-61-57-93-73(85)43-51-82(52-44-74(86)94-58-62-98-78(90)102-66-70(36-22-14-6)40-30-26-18-10-2)49-33-47-81(55-56-84)48-34-50-83(53-45-75(87)95-59-63-99-79(91)103-67-71(37-23-15-7)41-31-27-19-11-3)54-46-76(88)96-60-64-100-80(92)104-68-72(38-24-16-8)42-32-28-20-12-4/h69-72,84H,9-68H2,1-8H3. The fourth-order valence-electron chi connectivity index (χ4n) is 12.2. The van der Waals surface area contributed by atoms with E-state index in [9.17, 15) is 43.5 Å². The van der Waals surface area contributed by atoms with Crippen molar-refractivity contribution in [1.29, 1.82) is 0 Å².